The third kappa shape index (κ3) is 1.47. The minimum absolute atomic E-state index is 0.228. The van der Waals surface area contributed by atoms with E-state index in [-0.39, 0.29) is 5.92 Å². The summed E-state index contributed by atoms with van der Waals surface area (Å²) in [6.07, 6.45) is 1.64. The van der Waals surface area contributed by atoms with Gasteiger partial charge in [-0.1, -0.05) is 5.21 Å². The molecule has 1 atom stereocenters. The van der Waals surface area contributed by atoms with E-state index in [0.29, 0.717) is 13.1 Å². The Morgan fingerprint density at radius 1 is 1.77 bits per heavy atom. The van der Waals surface area contributed by atoms with Crippen LogP contribution < -0.4 is 0 Å². The summed E-state index contributed by atoms with van der Waals surface area (Å²) in [7, 11) is 0. The number of hydrogen-bond donors (Lipinski definition) is 2. The first-order valence-electron chi connectivity index (χ1n) is 4.11. The van der Waals surface area contributed by atoms with E-state index in [1.807, 2.05) is 0 Å². The van der Waals surface area contributed by atoms with Gasteiger partial charge in [0.2, 0.25) is 0 Å². The van der Waals surface area contributed by atoms with E-state index < -0.39 is 6.09 Å². The van der Waals surface area contributed by atoms with Gasteiger partial charge in [0.05, 0.1) is 11.9 Å². The molecule has 6 nitrogen and oxygen atoms in total. The van der Waals surface area contributed by atoms with Crippen molar-refractivity contribution < 1.29 is 9.90 Å². The van der Waals surface area contributed by atoms with Gasteiger partial charge in [0.25, 0.3) is 0 Å². The lowest BCUT2D eigenvalue weighted by Gasteiger charge is -2.10. The molecular formula is C7H10N4O2. The van der Waals surface area contributed by atoms with Crippen LogP contribution >= 0.6 is 0 Å². The largest absolute Gasteiger partial charge is 0.465 e. The molecule has 0 aliphatic carbocycles. The lowest BCUT2D eigenvalue weighted by Crippen LogP contribution is -2.26. The van der Waals surface area contributed by atoms with Crippen molar-refractivity contribution in [2.45, 2.75) is 12.3 Å². The van der Waals surface area contributed by atoms with Crippen LogP contribution in [-0.2, 0) is 0 Å². The van der Waals surface area contributed by atoms with Crippen molar-refractivity contribution in [3.63, 3.8) is 0 Å². The van der Waals surface area contributed by atoms with E-state index >= 15 is 0 Å². The molecule has 0 saturated carbocycles. The third-order valence-electron chi connectivity index (χ3n) is 2.33. The van der Waals surface area contributed by atoms with E-state index in [0.717, 1.165) is 12.1 Å². The Bertz CT molecular complexity index is 297. The molecule has 1 aliphatic heterocycles. The second-order valence-electron chi connectivity index (χ2n) is 3.13. The minimum Gasteiger partial charge on any atom is -0.465 e. The molecule has 1 aliphatic rings. The van der Waals surface area contributed by atoms with E-state index in [1.165, 1.54) is 4.90 Å². The number of likely N-dealkylation sites (tertiary alicyclic amines) is 1. The number of hydrogen-bond acceptors (Lipinski definition) is 3. The van der Waals surface area contributed by atoms with E-state index in [4.69, 9.17) is 5.11 Å². The van der Waals surface area contributed by atoms with Gasteiger partial charge in [-0.2, -0.15) is 0 Å². The van der Waals surface area contributed by atoms with Gasteiger partial charge in [-0.05, 0) is 6.42 Å². The van der Waals surface area contributed by atoms with Crippen LogP contribution in [0.25, 0.3) is 0 Å². The predicted molar refractivity (Wildman–Crippen MR) is 43.3 cm³/mol. The van der Waals surface area contributed by atoms with Crippen molar-refractivity contribution in [3.05, 3.63) is 11.9 Å². The topological polar surface area (TPSA) is 82.1 Å². The van der Waals surface area contributed by atoms with Crippen molar-refractivity contribution in [3.8, 4) is 0 Å². The fraction of sp³-hybridized carbons (Fsp3) is 0.571. The molecule has 2 rings (SSSR count). The lowest BCUT2D eigenvalue weighted by molar-refractivity contribution is 0.155. The smallest absolute Gasteiger partial charge is 0.407 e. The van der Waals surface area contributed by atoms with Crippen LogP contribution in [0.1, 0.15) is 18.0 Å². The van der Waals surface area contributed by atoms with Crippen molar-refractivity contribution in [2.75, 3.05) is 13.1 Å². The molecule has 6 heteroatoms. The van der Waals surface area contributed by atoms with Crippen LogP contribution in [-0.4, -0.2) is 44.6 Å². The first-order chi connectivity index (χ1) is 6.27. The highest BCUT2D eigenvalue weighted by Gasteiger charge is 2.27. The normalized spacial score (nSPS) is 22.2. The molecule has 1 amide bonds. The number of amides is 1. The average molecular weight is 182 g/mol. The number of aromatic amines is 1. The molecule has 70 valence electrons. The van der Waals surface area contributed by atoms with Crippen LogP contribution in [0, 0.1) is 0 Å². The first kappa shape index (κ1) is 8.03. The fourth-order valence-corrected chi connectivity index (χ4v) is 1.59. The number of carbonyl (C=O) groups is 1. The summed E-state index contributed by atoms with van der Waals surface area (Å²) in [5.74, 6) is 0.228. The molecule has 1 unspecified atom stereocenters. The van der Waals surface area contributed by atoms with E-state index in [2.05, 4.69) is 15.4 Å². The molecule has 0 radical (unpaired) electrons. The molecular weight excluding hydrogens is 172 g/mol. The van der Waals surface area contributed by atoms with Crippen molar-refractivity contribution >= 4 is 6.09 Å². The molecule has 1 aromatic heterocycles. The Labute approximate surface area is 74.6 Å². The van der Waals surface area contributed by atoms with Gasteiger partial charge >= 0.3 is 6.09 Å². The van der Waals surface area contributed by atoms with Gasteiger partial charge in [0, 0.05) is 19.0 Å². The zero-order valence-electron chi connectivity index (χ0n) is 6.97. The highest BCUT2D eigenvalue weighted by atomic mass is 16.4. The summed E-state index contributed by atoms with van der Waals surface area (Å²) in [4.78, 5) is 12.0. The number of carboxylic acid groups (broad SMARTS) is 1. The summed E-state index contributed by atoms with van der Waals surface area (Å²) >= 11 is 0. The lowest BCUT2D eigenvalue weighted by atomic mass is 10.1. The molecule has 0 bridgehead atoms. The molecule has 2 heterocycles. The van der Waals surface area contributed by atoms with Gasteiger partial charge in [0.1, 0.15) is 0 Å². The predicted octanol–water partition coefficient (Wildman–Crippen LogP) is 0.272. The summed E-state index contributed by atoms with van der Waals surface area (Å²) in [6.45, 7) is 1.14. The Kier molecular flexibility index (Phi) is 1.88. The third-order valence-corrected chi connectivity index (χ3v) is 2.33. The van der Waals surface area contributed by atoms with Gasteiger partial charge < -0.3 is 10.0 Å². The standard InChI is InChI=1S/C7H10N4O2/c12-7(13)11-2-1-5(4-11)6-3-8-10-9-6/h3,5H,1-2,4H2,(H,12,13)(H,8,9,10). The first-order valence-corrected chi connectivity index (χ1v) is 4.11. The number of H-pyrrole nitrogens is 1. The molecule has 1 saturated heterocycles. The molecule has 2 N–H and O–H groups in total. The van der Waals surface area contributed by atoms with Crippen LogP contribution in [0.5, 0.6) is 0 Å². The van der Waals surface area contributed by atoms with Crippen molar-refractivity contribution in [1.29, 1.82) is 0 Å². The van der Waals surface area contributed by atoms with E-state index in [1.54, 1.807) is 6.20 Å². The van der Waals surface area contributed by atoms with Crippen molar-refractivity contribution in [2.24, 2.45) is 0 Å². The van der Waals surface area contributed by atoms with Crippen LogP contribution in [0.2, 0.25) is 0 Å². The summed E-state index contributed by atoms with van der Waals surface area (Å²) < 4.78 is 0. The minimum atomic E-state index is -0.852. The van der Waals surface area contributed by atoms with Gasteiger partial charge in [0.15, 0.2) is 0 Å². The van der Waals surface area contributed by atoms with Gasteiger partial charge in [-0.3, -0.25) is 5.10 Å². The highest BCUT2D eigenvalue weighted by molar-refractivity contribution is 5.65. The Hall–Kier alpha value is -1.59. The van der Waals surface area contributed by atoms with E-state index in [9.17, 15) is 4.79 Å². The SMILES string of the molecule is O=C(O)N1CCC(c2cnn[nH]2)C1. The average Bonchev–Trinajstić information content (AvgIpc) is 2.75. The zero-order chi connectivity index (χ0) is 9.26. The second kappa shape index (κ2) is 3.04. The maximum Gasteiger partial charge on any atom is 0.407 e. The number of aromatic nitrogens is 3. The summed E-state index contributed by atoms with van der Waals surface area (Å²) in [5, 5.41) is 18.7. The Morgan fingerprint density at radius 3 is 3.15 bits per heavy atom. The number of nitrogens with zero attached hydrogens (tertiary/aromatic N) is 3. The second-order valence-corrected chi connectivity index (χ2v) is 3.13. The summed E-state index contributed by atoms with van der Waals surface area (Å²) in [5.41, 5.74) is 0.920. The summed E-state index contributed by atoms with van der Waals surface area (Å²) in [6, 6.07) is 0. The van der Waals surface area contributed by atoms with Crippen molar-refractivity contribution in [1.82, 2.24) is 20.3 Å². The molecule has 1 fully saturated rings. The van der Waals surface area contributed by atoms with Gasteiger partial charge in [-0.15, -0.1) is 5.10 Å². The maximum absolute atomic E-state index is 10.6. The Balaban J connectivity index is 2.03. The molecule has 13 heavy (non-hydrogen) atoms. The van der Waals surface area contributed by atoms with Crippen LogP contribution in [0.15, 0.2) is 6.20 Å². The maximum atomic E-state index is 10.6. The Morgan fingerprint density at radius 2 is 2.62 bits per heavy atom. The number of rotatable bonds is 1. The van der Waals surface area contributed by atoms with Gasteiger partial charge in [-0.25, -0.2) is 4.79 Å². The quantitative estimate of drug-likeness (QED) is 0.653. The molecule has 0 aromatic carbocycles. The zero-order valence-corrected chi connectivity index (χ0v) is 6.97. The number of nitrogens with one attached hydrogen (secondary N) is 1. The highest BCUT2D eigenvalue weighted by Crippen LogP contribution is 2.24. The molecule has 0 spiro atoms. The fourth-order valence-electron chi connectivity index (χ4n) is 1.59. The monoisotopic (exact) mass is 182 g/mol. The molecule has 1 aromatic rings. The van der Waals surface area contributed by atoms with Crippen LogP contribution in [0.3, 0.4) is 0 Å². The van der Waals surface area contributed by atoms with Crippen LogP contribution in [0.4, 0.5) is 4.79 Å².